The van der Waals surface area contributed by atoms with Crippen LogP contribution in [0, 0.1) is 0 Å². The minimum absolute atomic E-state index is 0.0112. The Morgan fingerprint density at radius 3 is 2.59 bits per heavy atom. The summed E-state index contributed by atoms with van der Waals surface area (Å²) in [6, 6.07) is 9.56. The predicted molar refractivity (Wildman–Crippen MR) is 101 cm³/mol. The first-order valence-corrected chi connectivity index (χ1v) is 9.62. The van der Waals surface area contributed by atoms with Gasteiger partial charge < -0.3 is 20.1 Å². The lowest BCUT2D eigenvalue weighted by Gasteiger charge is -2.50. The topological polar surface area (TPSA) is 82.1 Å². The number of hydrogen-bond acceptors (Lipinski definition) is 5. The normalized spacial score (nSPS) is 26.6. The van der Waals surface area contributed by atoms with Gasteiger partial charge in [-0.3, -0.25) is 14.5 Å². The summed E-state index contributed by atoms with van der Waals surface area (Å²) in [5.74, 6) is -0.122. The summed E-state index contributed by atoms with van der Waals surface area (Å²) in [7, 11) is 0. The van der Waals surface area contributed by atoms with Gasteiger partial charge in [0.2, 0.25) is 11.8 Å². The highest BCUT2D eigenvalue weighted by molar-refractivity contribution is 5.78. The number of morpholine rings is 1. The van der Waals surface area contributed by atoms with E-state index in [-0.39, 0.29) is 24.3 Å². The van der Waals surface area contributed by atoms with E-state index in [2.05, 4.69) is 10.2 Å². The van der Waals surface area contributed by atoms with Crippen LogP contribution in [0.2, 0.25) is 0 Å². The number of carbonyl (C=O) groups is 2. The number of ether oxygens (including phenoxy) is 1. The minimum atomic E-state index is -0.993. The van der Waals surface area contributed by atoms with Gasteiger partial charge in [-0.05, 0) is 12.0 Å². The highest BCUT2D eigenvalue weighted by Gasteiger charge is 2.46. The fourth-order valence-electron chi connectivity index (χ4n) is 4.02. The van der Waals surface area contributed by atoms with Gasteiger partial charge in [-0.25, -0.2) is 0 Å². The van der Waals surface area contributed by atoms with Gasteiger partial charge >= 0.3 is 0 Å². The third kappa shape index (κ3) is 4.66. The Hall–Kier alpha value is -1.96. The van der Waals surface area contributed by atoms with Crippen LogP contribution in [0.3, 0.4) is 0 Å². The molecule has 7 nitrogen and oxygen atoms in total. The number of hydrogen-bond donors (Lipinski definition) is 2. The fraction of sp³-hybridized carbons (Fsp3) is 0.600. The number of benzene rings is 1. The van der Waals surface area contributed by atoms with E-state index in [1.807, 2.05) is 35.2 Å². The highest BCUT2D eigenvalue weighted by atomic mass is 16.5. The number of piperidine rings is 1. The Kier molecular flexibility index (Phi) is 6.46. The van der Waals surface area contributed by atoms with Crippen LogP contribution in [-0.4, -0.2) is 78.7 Å². The smallest absolute Gasteiger partial charge is 0.224 e. The molecule has 2 heterocycles. The van der Waals surface area contributed by atoms with E-state index in [1.54, 1.807) is 0 Å². The predicted octanol–water partition coefficient (Wildman–Crippen LogP) is 0.333. The number of aliphatic hydroxyl groups is 1. The summed E-state index contributed by atoms with van der Waals surface area (Å²) in [5.41, 5.74) is -0.0978. The molecule has 3 rings (SSSR count). The summed E-state index contributed by atoms with van der Waals surface area (Å²) >= 11 is 0. The molecule has 0 aromatic heterocycles. The van der Waals surface area contributed by atoms with Gasteiger partial charge in [0.15, 0.2) is 0 Å². The molecular weight excluding hydrogens is 346 g/mol. The summed E-state index contributed by atoms with van der Waals surface area (Å²) in [5, 5.41) is 14.3. The molecule has 2 aliphatic heterocycles. The van der Waals surface area contributed by atoms with Crippen LogP contribution in [0.5, 0.6) is 0 Å². The van der Waals surface area contributed by atoms with E-state index in [1.165, 1.54) is 6.92 Å². The molecule has 148 valence electrons. The largest absolute Gasteiger partial charge is 0.383 e. The lowest BCUT2D eigenvalue weighted by Crippen LogP contribution is -2.63. The monoisotopic (exact) mass is 375 g/mol. The average molecular weight is 375 g/mol. The quantitative estimate of drug-likeness (QED) is 0.775. The maximum Gasteiger partial charge on any atom is 0.224 e. The second kappa shape index (κ2) is 8.82. The average Bonchev–Trinajstić information content (AvgIpc) is 2.69. The van der Waals surface area contributed by atoms with Crippen LogP contribution >= 0.6 is 0 Å². The van der Waals surface area contributed by atoms with Crippen LogP contribution in [0.15, 0.2) is 30.3 Å². The van der Waals surface area contributed by atoms with Crippen molar-refractivity contribution < 1.29 is 19.4 Å². The minimum Gasteiger partial charge on any atom is -0.383 e. The van der Waals surface area contributed by atoms with Crippen LogP contribution < -0.4 is 5.32 Å². The molecule has 0 unspecified atom stereocenters. The second-order valence-corrected chi connectivity index (χ2v) is 7.28. The molecule has 2 saturated heterocycles. The van der Waals surface area contributed by atoms with E-state index in [0.29, 0.717) is 39.3 Å². The number of likely N-dealkylation sites (tertiary alicyclic amines) is 1. The first-order chi connectivity index (χ1) is 13.0. The van der Waals surface area contributed by atoms with Gasteiger partial charge in [0, 0.05) is 46.1 Å². The number of nitrogens with one attached hydrogen (secondary N) is 1. The van der Waals surface area contributed by atoms with E-state index in [9.17, 15) is 14.7 Å². The molecule has 2 amide bonds. The summed E-state index contributed by atoms with van der Waals surface area (Å²) in [6.07, 6.45) is 0.768. The standard InChI is InChI=1S/C20H29N3O4/c1-16(24)21-9-7-19(25)23-10-8-20(26,17-5-3-2-4-6-17)18(15-23)22-11-13-27-14-12-22/h2-6,18,26H,7-15H2,1H3,(H,21,24)/t18-,20+/m1/s1. The zero-order chi connectivity index (χ0) is 19.3. The van der Waals surface area contributed by atoms with E-state index in [4.69, 9.17) is 4.74 Å². The van der Waals surface area contributed by atoms with Crippen molar-refractivity contribution in [2.45, 2.75) is 31.4 Å². The number of nitrogens with zero attached hydrogens (tertiary/aromatic N) is 2. The van der Waals surface area contributed by atoms with Crippen molar-refractivity contribution in [1.82, 2.24) is 15.1 Å². The van der Waals surface area contributed by atoms with E-state index >= 15 is 0 Å². The van der Waals surface area contributed by atoms with Crippen molar-refractivity contribution in [1.29, 1.82) is 0 Å². The van der Waals surface area contributed by atoms with E-state index < -0.39 is 5.60 Å². The van der Waals surface area contributed by atoms with Gasteiger partial charge in [-0.15, -0.1) is 0 Å². The zero-order valence-corrected chi connectivity index (χ0v) is 15.9. The molecule has 0 spiro atoms. The van der Waals surface area contributed by atoms with Crippen LogP contribution in [0.1, 0.15) is 25.3 Å². The third-order valence-corrected chi connectivity index (χ3v) is 5.53. The molecule has 2 fully saturated rings. The second-order valence-electron chi connectivity index (χ2n) is 7.28. The first kappa shape index (κ1) is 19.8. The van der Waals surface area contributed by atoms with Crippen molar-refractivity contribution in [2.24, 2.45) is 0 Å². The molecule has 2 atom stereocenters. The molecule has 0 bridgehead atoms. The van der Waals surface area contributed by atoms with Crippen LogP contribution in [-0.2, 0) is 19.9 Å². The van der Waals surface area contributed by atoms with Crippen molar-refractivity contribution >= 4 is 11.8 Å². The molecule has 0 radical (unpaired) electrons. The Balaban J connectivity index is 1.75. The molecule has 2 aliphatic rings. The SMILES string of the molecule is CC(=O)NCCC(=O)N1CC[C@](O)(c2ccccc2)[C@H](N2CCOCC2)C1. The third-order valence-electron chi connectivity index (χ3n) is 5.53. The molecule has 0 aliphatic carbocycles. The van der Waals surface area contributed by atoms with Gasteiger partial charge in [0.1, 0.15) is 5.60 Å². The maximum atomic E-state index is 12.6. The molecule has 7 heteroatoms. The summed E-state index contributed by atoms with van der Waals surface area (Å²) in [6.45, 7) is 5.53. The van der Waals surface area contributed by atoms with Crippen molar-refractivity contribution in [2.75, 3.05) is 45.9 Å². The van der Waals surface area contributed by atoms with E-state index in [0.717, 1.165) is 18.7 Å². The van der Waals surface area contributed by atoms with Gasteiger partial charge in [0.05, 0.1) is 19.3 Å². The Morgan fingerprint density at radius 2 is 1.93 bits per heavy atom. The zero-order valence-electron chi connectivity index (χ0n) is 15.9. The van der Waals surface area contributed by atoms with Crippen molar-refractivity contribution in [3.05, 3.63) is 35.9 Å². The van der Waals surface area contributed by atoms with Crippen LogP contribution in [0.25, 0.3) is 0 Å². The maximum absolute atomic E-state index is 12.6. The molecule has 1 aromatic rings. The van der Waals surface area contributed by atoms with Crippen molar-refractivity contribution in [3.8, 4) is 0 Å². The summed E-state index contributed by atoms with van der Waals surface area (Å²) < 4.78 is 5.47. The number of amides is 2. The first-order valence-electron chi connectivity index (χ1n) is 9.62. The lowest BCUT2D eigenvalue weighted by molar-refractivity contribution is -0.147. The highest BCUT2D eigenvalue weighted by Crippen LogP contribution is 2.36. The Bertz CT molecular complexity index is 648. The molecular formula is C20H29N3O4. The summed E-state index contributed by atoms with van der Waals surface area (Å²) in [4.78, 5) is 27.7. The fourth-order valence-corrected chi connectivity index (χ4v) is 4.02. The van der Waals surface area contributed by atoms with Gasteiger partial charge in [-0.1, -0.05) is 30.3 Å². The molecule has 2 N–H and O–H groups in total. The molecule has 1 aromatic carbocycles. The van der Waals surface area contributed by atoms with Crippen LogP contribution in [0.4, 0.5) is 0 Å². The lowest BCUT2D eigenvalue weighted by atomic mass is 9.79. The Labute approximate surface area is 160 Å². The van der Waals surface area contributed by atoms with Gasteiger partial charge in [0.25, 0.3) is 0 Å². The van der Waals surface area contributed by atoms with Crippen molar-refractivity contribution in [3.63, 3.8) is 0 Å². The Morgan fingerprint density at radius 1 is 1.22 bits per heavy atom. The number of rotatable bonds is 5. The molecule has 0 saturated carbocycles. The number of carbonyl (C=O) groups excluding carboxylic acids is 2. The van der Waals surface area contributed by atoms with Gasteiger partial charge in [-0.2, -0.15) is 0 Å². The molecule has 27 heavy (non-hydrogen) atoms.